The van der Waals surface area contributed by atoms with Crippen LogP contribution in [0, 0.1) is 0 Å². The van der Waals surface area contributed by atoms with Crippen molar-refractivity contribution in [3.8, 4) is 0 Å². The summed E-state index contributed by atoms with van der Waals surface area (Å²) in [5.74, 6) is -0.411. The molecular formula is C22H19NO4. The van der Waals surface area contributed by atoms with Crippen molar-refractivity contribution < 1.29 is 19.1 Å². The Morgan fingerprint density at radius 2 is 1.85 bits per heavy atom. The monoisotopic (exact) mass is 361 g/mol. The molecule has 2 unspecified atom stereocenters. The summed E-state index contributed by atoms with van der Waals surface area (Å²) in [4.78, 5) is 26.1. The van der Waals surface area contributed by atoms with Crippen molar-refractivity contribution in [1.82, 2.24) is 4.90 Å². The maximum Gasteiger partial charge on any atom is 0.415 e. The molecule has 2 heterocycles. The first-order chi connectivity index (χ1) is 13.1. The summed E-state index contributed by atoms with van der Waals surface area (Å²) in [7, 11) is 0. The summed E-state index contributed by atoms with van der Waals surface area (Å²) < 4.78 is 11.0. The summed E-state index contributed by atoms with van der Waals surface area (Å²) in [6, 6.07) is 17.2. The smallest absolute Gasteiger partial charge is 0.415 e. The zero-order chi connectivity index (χ0) is 18.9. The molecule has 0 radical (unpaired) electrons. The van der Waals surface area contributed by atoms with Gasteiger partial charge in [-0.1, -0.05) is 54.6 Å². The zero-order valence-electron chi connectivity index (χ0n) is 14.9. The van der Waals surface area contributed by atoms with E-state index in [2.05, 4.69) is 0 Å². The van der Waals surface area contributed by atoms with E-state index in [1.807, 2.05) is 67.6 Å². The van der Waals surface area contributed by atoms with Crippen LogP contribution < -0.4 is 0 Å². The molecule has 0 aliphatic carbocycles. The molecule has 0 bridgehead atoms. The van der Waals surface area contributed by atoms with E-state index >= 15 is 0 Å². The second kappa shape index (κ2) is 6.76. The first-order valence-electron chi connectivity index (χ1n) is 8.75. The van der Waals surface area contributed by atoms with Crippen molar-refractivity contribution in [2.75, 3.05) is 0 Å². The highest BCUT2D eigenvalue weighted by molar-refractivity contribution is 5.85. The number of benzene rings is 2. The molecule has 2 aromatic rings. The van der Waals surface area contributed by atoms with Crippen LogP contribution in [0.2, 0.25) is 0 Å². The molecular weight excluding hydrogens is 342 g/mol. The van der Waals surface area contributed by atoms with E-state index in [0.29, 0.717) is 0 Å². The van der Waals surface area contributed by atoms with Crippen molar-refractivity contribution in [1.29, 1.82) is 0 Å². The van der Waals surface area contributed by atoms with Crippen LogP contribution in [-0.4, -0.2) is 23.1 Å². The minimum Gasteiger partial charge on any atom is -0.452 e. The molecule has 1 amide bonds. The number of carbonyl (C=O) groups excluding carboxylic acids is 2. The standard InChI is InChI=1S/C22H19NO4/c1-22(19-11-12-20(24)27-19)18-10-6-5-9-17(18)13-14-23(22)21(25)26-15-16-7-3-2-4-8-16/h2-14,19H,15H2,1H3. The third kappa shape index (κ3) is 3.01. The summed E-state index contributed by atoms with van der Waals surface area (Å²) in [6.45, 7) is 2.05. The number of cyclic esters (lactones) is 1. The molecule has 2 aliphatic rings. The molecule has 0 N–H and O–H groups in total. The van der Waals surface area contributed by atoms with Crippen LogP contribution in [0.4, 0.5) is 4.79 Å². The number of fused-ring (bicyclic) bond motifs is 1. The van der Waals surface area contributed by atoms with Gasteiger partial charge >= 0.3 is 12.1 Å². The topological polar surface area (TPSA) is 55.8 Å². The van der Waals surface area contributed by atoms with E-state index in [0.717, 1.165) is 16.7 Å². The van der Waals surface area contributed by atoms with Crippen LogP contribution in [0.3, 0.4) is 0 Å². The van der Waals surface area contributed by atoms with Gasteiger partial charge in [-0.25, -0.2) is 9.59 Å². The zero-order valence-corrected chi connectivity index (χ0v) is 14.9. The molecule has 5 heteroatoms. The van der Waals surface area contributed by atoms with Crippen LogP contribution in [0.1, 0.15) is 23.6 Å². The highest BCUT2D eigenvalue weighted by atomic mass is 16.6. The minimum absolute atomic E-state index is 0.169. The van der Waals surface area contributed by atoms with E-state index < -0.39 is 23.7 Å². The highest BCUT2D eigenvalue weighted by Crippen LogP contribution is 2.41. The quantitative estimate of drug-likeness (QED) is 0.775. The first-order valence-corrected chi connectivity index (χ1v) is 8.75. The van der Waals surface area contributed by atoms with E-state index in [1.165, 1.54) is 11.0 Å². The number of ether oxygens (including phenoxy) is 2. The summed E-state index contributed by atoms with van der Waals surface area (Å²) in [6.07, 6.45) is 5.54. The SMILES string of the molecule is CC1(C2C=CC(=O)O2)c2ccccc2C=CN1C(=O)OCc1ccccc1. The van der Waals surface area contributed by atoms with Crippen LogP contribution in [-0.2, 0) is 26.4 Å². The molecule has 0 saturated heterocycles. The highest BCUT2D eigenvalue weighted by Gasteiger charge is 2.48. The maximum absolute atomic E-state index is 12.9. The fraction of sp³-hybridized carbons (Fsp3) is 0.182. The Hall–Kier alpha value is -3.34. The van der Waals surface area contributed by atoms with Gasteiger partial charge in [0.25, 0.3) is 0 Å². The minimum atomic E-state index is -0.901. The van der Waals surface area contributed by atoms with Crippen LogP contribution >= 0.6 is 0 Å². The molecule has 2 aromatic carbocycles. The van der Waals surface area contributed by atoms with Crippen LogP contribution in [0.5, 0.6) is 0 Å². The Morgan fingerprint density at radius 3 is 2.59 bits per heavy atom. The number of carbonyl (C=O) groups is 2. The number of nitrogens with zero attached hydrogens (tertiary/aromatic N) is 1. The van der Waals surface area contributed by atoms with Crippen molar-refractivity contribution in [3.05, 3.63) is 89.6 Å². The third-order valence-corrected chi connectivity index (χ3v) is 5.02. The Morgan fingerprint density at radius 1 is 1.11 bits per heavy atom. The fourth-order valence-electron chi connectivity index (χ4n) is 3.54. The Balaban J connectivity index is 1.65. The van der Waals surface area contributed by atoms with Gasteiger partial charge in [-0.3, -0.25) is 4.90 Å². The fourth-order valence-corrected chi connectivity index (χ4v) is 3.54. The van der Waals surface area contributed by atoms with Crippen molar-refractivity contribution >= 4 is 18.1 Å². The lowest BCUT2D eigenvalue weighted by molar-refractivity contribution is -0.143. The van der Waals surface area contributed by atoms with Crippen LogP contribution in [0.15, 0.2) is 72.9 Å². The summed E-state index contributed by atoms with van der Waals surface area (Å²) >= 11 is 0. The lowest BCUT2D eigenvalue weighted by Gasteiger charge is -2.44. The molecule has 0 spiro atoms. The lowest BCUT2D eigenvalue weighted by Crippen LogP contribution is -2.53. The average molecular weight is 361 g/mol. The largest absolute Gasteiger partial charge is 0.452 e. The van der Waals surface area contributed by atoms with Crippen LogP contribution in [0.25, 0.3) is 6.08 Å². The Labute approximate surface area is 157 Å². The van der Waals surface area contributed by atoms with Gasteiger partial charge in [0.1, 0.15) is 18.2 Å². The molecule has 2 aliphatic heterocycles. The predicted molar refractivity (Wildman–Crippen MR) is 100 cm³/mol. The average Bonchev–Trinajstić information content (AvgIpc) is 3.14. The number of rotatable bonds is 3. The molecule has 136 valence electrons. The van der Waals surface area contributed by atoms with Gasteiger partial charge in [0.15, 0.2) is 0 Å². The molecule has 27 heavy (non-hydrogen) atoms. The second-order valence-corrected chi connectivity index (χ2v) is 6.68. The van der Waals surface area contributed by atoms with E-state index in [9.17, 15) is 9.59 Å². The van der Waals surface area contributed by atoms with Crippen molar-refractivity contribution in [2.45, 2.75) is 25.2 Å². The Bertz CT molecular complexity index is 934. The van der Waals surface area contributed by atoms with Gasteiger partial charge in [0.05, 0.1) is 0 Å². The van der Waals surface area contributed by atoms with Gasteiger partial charge in [0, 0.05) is 12.3 Å². The molecule has 5 nitrogen and oxygen atoms in total. The van der Waals surface area contributed by atoms with Crippen molar-refractivity contribution in [3.63, 3.8) is 0 Å². The van der Waals surface area contributed by atoms with Gasteiger partial charge in [-0.15, -0.1) is 0 Å². The molecule has 0 aromatic heterocycles. The normalized spacial score (nSPS) is 23.1. The number of amides is 1. The Kier molecular flexibility index (Phi) is 4.28. The van der Waals surface area contributed by atoms with Crippen molar-refractivity contribution in [2.24, 2.45) is 0 Å². The molecule has 4 rings (SSSR count). The second-order valence-electron chi connectivity index (χ2n) is 6.68. The number of hydrogen-bond acceptors (Lipinski definition) is 4. The van der Waals surface area contributed by atoms with Gasteiger partial charge in [-0.2, -0.15) is 0 Å². The summed E-state index contributed by atoms with van der Waals surface area (Å²) in [5.41, 5.74) is 1.88. The maximum atomic E-state index is 12.9. The number of esters is 1. The van der Waals surface area contributed by atoms with Gasteiger partial charge in [-0.05, 0) is 35.8 Å². The molecule has 2 atom stereocenters. The first kappa shape index (κ1) is 17.1. The van der Waals surface area contributed by atoms with E-state index in [-0.39, 0.29) is 6.61 Å². The third-order valence-electron chi connectivity index (χ3n) is 5.02. The number of hydrogen-bond donors (Lipinski definition) is 0. The summed E-state index contributed by atoms with van der Waals surface area (Å²) in [5, 5.41) is 0. The lowest BCUT2D eigenvalue weighted by atomic mass is 9.80. The van der Waals surface area contributed by atoms with Gasteiger partial charge in [0.2, 0.25) is 0 Å². The molecule has 0 saturated carbocycles. The predicted octanol–water partition coefficient (Wildman–Crippen LogP) is 4.01. The van der Waals surface area contributed by atoms with E-state index in [1.54, 1.807) is 12.3 Å². The molecule has 0 fully saturated rings. The van der Waals surface area contributed by atoms with Gasteiger partial charge < -0.3 is 9.47 Å². The van der Waals surface area contributed by atoms with E-state index in [4.69, 9.17) is 9.47 Å².